The van der Waals surface area contributed by atoms with E-state index < -0.39 is 0 Å². The van der Waals surface area contributed by atoms with Gasteiger partial charge in [-0.25, -0.2) is 0 Å². The number of H-pyrrole nitrogens is 1. The lowest BCUT2D eigenvalue weighted by molar-refractivity contribution is 0.227. The summed E-state index contributed by atoms with van der Waals surface area (Å²) >= 11 is 0. The summed E-state index contributed by atoms with van der Waals surface area (Å²) < 4.78 is 0. The first-order valence-corrected chi connectivity index (χ1v) is 8.04. The van der Waals surface area contributed by atoms with Crippen LogP contribution in [0.4, 0.5) is 0 Å². The SMILES string of the molecule is CC1CCC(NCc2ccc(-c3ccn[nH]3)cc2)C(C)C1. The van der Waals surface area contributed by atoms with Crippen molar-refractivity contribution in [1.82, 2.24) is 15.5 Å². The molecule has 0 aliphatic heterocycles. The fourth-order valence-electron chi connectivity index (χ4n) is 3.44. The van der Waals surface area contributed by atoms with Gasteiger partial charge in [-0.15, -0.1) is 0 Å². The van der Waals surface area contributed by atoms with Gasteiger partial charge in [-0.2, -0.15) is 5.10 Å². The molecule has 3 atom stereocenters. The predicted molar refractivity (Wildman–Crippen MR) is 86.8 cm³/mol. The molecule has 3 rings (SSSR count). The van der Waals surface area contributed by atoms with E-state index >= 15 is 0 Å². The minimum atomic E-state index is 0.675. The summed E-state index contributed by atoms with van der Waals surface area (Å²) in [4.78, 5) is 0. The second-order valence-electron chi connectivity index (χ2n) is 6.55. The van der Waals surface area contributed by atoms with Gasteiger partial charge in [0.2, 0.25) is 0 Å². The van der Waals surface area contributed by atoms with Gasteiger partial charge in [0.05, 0.1) is 5.69 Å². The molecule has 0 saturated heterocycles. The molecule has 3 unspecified atom stereocenters. The number of aromatic amines is 1. The molecule has 1 aliphatic rings. The van der Waals surface area contributed by atoms with Gasteiger partial charge < -0.3 is 5.32 Å². The minimum Gasteiger partial charge on any atom is -0.310 e. The van der Waals surface area contributed by atoms with Crippen molar-refractivity contribution in [2.24, 2.45) is 11.8 Å². The molecule has 1 fully saturated rings. The molecule has 1 aliphatic carbocycles. The van der Waals surface area contributed by atoms with Crippen LogP contribution >= 0.6 is 0 Å². The maximum Gasteiger partial charge on any atom is 0.0650 e. The molecular formula is C18H25N3. The standard InChI is InChI=1S/C18H25N3/c1-13-3-8-17(14(2)11-13)19-12-15-4-6-16(7-5-15)18-9-10-20-21-18/h4-7,9-10,13-14,17,19H,3,8,11-12H2,1-2H3,(H,20,21). The van der Waals surface area contributed by atoms with Gasteiger partial charge in [0.15, 0.2) is 0 Å². The van der Waals surface area contributed by atoms with Crippen LogP contribution in [-0.4, -0.2) is 16.2 Å². The molecule has 2 N–H and O–H groups in total. The van der Waals surface area contributed by atoms with E-state index in [4.69, 9.17) is 0 Å². The average molecular weight is 283 g/mol. The summed E-state index contributed by atoms with van der Waals surface area (Å²) in [5.74, 6) is 1.68. The van der Waals surface area contributed by atoms with Gasteiger partial charge in [0.25, 0.3) is 0 Å². The van der Waals surface area contributed by atoms with E-state index in [1.54, 1.807) is 6.20 Å². The average Bonchev–Trinajstić information content (AvgIpc) is 3.01. The van der Waals surface area contributed by atoms with Crippen molar-refractivity contribution in [3.8, 4) is 11.3 Å². The summed E-state index contributed by atoms with van der Waals surface area (Å²) in [5.41, 5.74) is 3.62. The molecule has 1 aromatic heterocycles. The normalized spacial score (nSPS) is 25.9. The highest BCUT2D eigenvalue weighted by Gasteiger charge is 2.24. The van der Waals surface area contributed by atoms with Crippen LogP contribution in [0.25, 0.3) is 11.3 Å². The lowest BCUT2D eigenvalue weighted by Gasteiger charge is -2.33. The number of aromatic nitrogens is 2. The lowest BCUT2D eigenvalue weighted by Crippen LogP contribution is -2.38. The van der Waals surface area contributed by atoms with Crippen LogP contribution in [0.3, 0.4) is 0 Å². The second kappa shape index (κ2) is 6.44. The Kier molecular flexibility index (Phi) is 4.39. The number of nitrogens with one attached hydrogen (secondary N) is 2. The van der Waals surface area contributed by atoms with Gasteiger partial charge in [0, 0.05) is 18.8 Å². The highest BCUT2D eigenvalue weighted by atomic mass is 15.1. The largest absolute Gasteiger partial charge is 0.310 e. The Balaban J connectivity index is 1.56. The fourth-order valence-corrected chi connectivity index (χ4v) is 3.44. The van der Waals surface area contributed by atoms with Gasteiger partial charge in [-0.1, -0.05) is 38.1 Å². The summed E-state index contributed by atoms with van der Waals surface area (Å²) in [7, 11) is 0. The molecule has 2 aromatic rings. The predicted octanol–water partition coefficient (Wildman–Crippen LogP) is 3.99. The van der Waals surface area contributed by atoms with Crippen molar-refractivity contribution in [3.05, 3.63) is 42.1 Å². The first-order valence-electron chi connectivity index (χ1n) is 8.04. The van der Waals surface area contributed by atoms with Crippen LogP contribution in [0.2, 0.25) is 0 Å². The number of rotatable bonds is 4. The molecule has 3 nitrogen and oxygen atoms in total. The minimum absolute atomic E-state index is 0.675. The highest BCUT2D eigenvalue weighted by molar-refractivity contribution is 5.58. The summed E-state index contributed by atoms with van der Waals surface area (Å²) in [6.07, 6.45) is 5.82. The molecule has 3 heteroatoms. The summed E-state index contributed by atoms with van der Waals surface area (Å²) in [5, 5.41) is 10.7. The zero-order valence-electron chi connectivity index (χ0n) is 13.0. The zero-order chi connectivity index (χ0) is 14.7. The van der Waals surface area contributed by atoms with E-state index in [0.717, 1.165) is 24.1 Å². The fraction of sp³-hybridized carbons (Fsp3) is 0.500. The lowest BCUT2D eigenvalue weighted by atomic mass is 9.80. The number of benzene rings is 1. The molecule has 1 aromatic carbocycles. The smallest absolute Gasteiger partial charge is 0.0650 e. The first kappa shape index (κ1) is 14.3. The highest BCUT2D eigenvalue weighted by Crippen LogP contribution is 2.28. The summed E-state index contributed by atoms with van der Waals surface area (Å²) in [6.45, 7) is 5.72. The molecule has 112 valence electrons. The Labute approximate surface area is 127 Å². The van der Waals surface area contributed by atoms with Crippen molar-refractivity contribution in [3.63, 3.8) is 0 Å². The Hall–Kier alpha value is -1.61. The molecule has 1 saturated carbocycles. The third kappa shape index (κ3) is 3.53. The third-order valence-corrected chi connectivity index (χ3v) is 4.77. The van der Waals surface area contributed by atoms with Crippen LogP contribution in [0.5, 0.6) is 0 Å². The van der Waals surface area contributed by atoms with Crippen molar-refractivity contribution in [2.75, 3.05) is 0 Å². The van der Waals surface area contributed by atoms with Gasteiger partial charge in [0.1, 0.15) is 0 Å². The maximum atomic E-state index is 4.00. The molecule has 0 spiro atoms. The maximum absolute atomic E-state index is 4.00. The van der Waals surface area contributed by atoms with Crippen LogP contribution < -0.4 is 5.32 Å². The Morgan fingerprint density at radius 3 is 2.62 bits per heavy atom. The van der Waals surface area contributed by atoms with E-state index in [1.807, 2.05) is 6.07 Å². The number of nitrogens with zero attached hydrogens (tertiary/aromatic N) is 1. The third-order valence-electron chi connectivity index (χ3n) is 4.77. The summed E-state index contributed by atoms with van der Waals surface area (Å²) in [6, 6.07) is 11.4. The van der Waals surface area contributed by atoms with Gasteiger partial charge in [-0.3, -0.25) is 5.10 Å². The van der Waals surface area contributed by atoms with Crippen LogP contribution in [-0.2, 0) is 6.54 Å². The molecule has 21 heavy (non-hydrogen) atoms. The van der Waals surface area contributed by atoms with Crippen molar-refractivity contribution in [1.29, 1.82) is 0 Å². The van der Waals surface area contributed by atoms with Crippen molar-refractivity contribution < 1.29 is 0 Å². The van der Waals surface area contributed by atoms with E-state index in [-0.39, 0.29) is 0 Å². The van der Waals surface area contributed by atoms with E-state index in [1.165, 1.54) is 30.4 Å². The molecule has 0 bridgehead atoms. The van der Waals surface area contributed by atoms with Gasteiger partial charge in [-0.05, 0) is 48.3 Å². The van der Waals surface area contributed by atoms with Crippen molar-refractivity contribution in [2.45, 2.75) is 45.7 Å². The molecule has 0 radical (unpaired) electrons. The first-order chi connectivity index (χ1) is 10.2. The number of hydrogen-bond acceptors (Lipinski definition) is 2. The van der Waals surface area contributed by atoms with E-state index in [0.29, 0.717) is 6.04 Å². The molecule has 0 amide bonds. The monoisotopic (exact) mass is 283 g/mol. The molecular weight excluding hydrogens is 258 g/mol. The Morgan fingerprint density at radius 2 is 1.95 bits per heavy atom. The Bertz CT molecular complexity index is 544. The van der Waals surface area contributed by atoms with E-state index in [9.17, 15) is 0 Å². The van der Waals surface area contributed by atoms with Crippen LogP contribution in [0.1, 0.15) is 38.7 Å². The quantitative estimate of drug-likeness (QED) is 0.890. The van der Waals surface area contributed by atoms with E-state index in [2.05, 4.69) is 53.6 Å². The number of hydrogen-bond donors (Lipinski definition) is 2. The second-order valence-corrected chi connectivity index (χ2v) is 6.55. The zero-order valence-corrected chi connectivity index (χ0v) is 13.0. The van der Waals surface area contributed by atoms with Crippen molar-refractivity contribution >= 4 is 0 Å². The van der Waals surface area contributed by atoms with Crippen LogP contribution in [0.15, 0.2) is 36.5 Å². The topological polar surface area (TPSA) is 40.7 Å². The van der Waals surface area contributed by atoms with Gasteiger partial charge >= 0.3 is 0 Å². The Morgan fingerprint density at radius 1 is 1.14 bits per heavy atom. The molecule has 1 heterocycles. The van der Waals surface area contributed by atoms with Crippen LogP contribution in [0, 0.1) is 11.8 Å².